The number of aliphatic hydroxyl groups is 1. The van der Waals surface area contributed by atoms with Gasteiger partial charge in [-0.15, -0.1) is 0 Å². The molecular weight excluding hydrogens is 210 g/mol. The first-order valence-electron chi connectivity index (χ1n) is 6.79. The van der Waals surface area contributed by atoms with Crippen LogP contribution in [0.25, 0.3) is 0 Å². The molecule has 96 valence electrons. The van der Waals surface area contributed by atoms with E-state index in [0.717, 1.165) is 31.4 Å². The van der Waals surface area contributed by atoms with Crippen LogP contribution in [0.2, 0.25) is 0 Å². The lowest BCUT2D eigenvalue weighted by atomic mass is 9.84. The standard InChI is InChI=1S/C15H25NO/c1-4-8-13(9-5-2)15(17)12(3)14-10-6-7-11-16-14/h6-7,10-13,15,17H,4-5,8-9H2,1-3H3. The maximum Gasteiger partial charge on any atom is 0.0649 e. The molecule has 0 spiro atoms. The predicted molar refractivity (Wildman–Crippen MR) is 72.0 cm³/mol. The van der Waals surface area contributed by atoms with E-state index in [1.54, 1.807) is 6.20 Å². The molecule has 0 amide bonds. The molecule has 0 saturated carbocycles. The van der Waals surface area contributed by atoms with Crippen molar-refractivity contribution < 1.29 is 5.11 Å². The Morgan fingerprint density at radius 3 is 2.29 bits per heavy atom. The fourth-order valence-corrected chi connectivity index (χ4v) is 2.46. The number of aromatic nitrogens is 1. The number of hydrogen-bond acceptors (Lipinski definition) is 2. The summed E-state index contributed by atoms with van der Waals surface area (Å²) in [6, 6.07) is 5.90. The fourth-order valence-electron chi connectivity index (χ4n) is 2.46. The predicted octanol–water partition coefficient (Wildman–Crippen LogP) is 3.76. The second kappa shape index (κ2) is 7.44. The van der Waals surface area contributed by atoms with E-state index in [2.05, 4.69) is 25.8 Å². The fraction of sp³-hybridized carbons (Fsp3) is 0.667. The molecule has 0 aliphatic rings. The van der Waals surface area contributed by atoms with Crippen molar-refractivity contribution in [1.29, 1.82) is 0 Å². The van der Waals surface area contributed by atoms with Crippen LogP contribution in [-0.2, 0) is 0 Å². The van der Waals surface area contributed by atoms with Gasteiger partial charge in [-0.25, -0.2) is 0 Å². The average molecular weight is 235 g/mol. The van der Waals surface area contributed by atoms with Gasteiger partial charge in [0.2, 0.25) is 0 Å². The summed E-state index contributed by atoms with van der Waals surface area (Å²) >= 11 is 0. The van der Waals surface area contributed by atoms with Crippen LogP contribution in [0.5, 0.6) is 0 Å². The van der Waals surface area contributed by atoms with Crippen LogP contribution >= 0.6 is 0 Å². The smallest absolute Gasteiger partial charge is 0.0649 e. The molecule has 2 nitrogen and oxygen atoms in total. The van der Waals surface area contributed by atoms with Crippen molar-refractivity contribution in [3.05, 3.63) is 30.1 Å². The Hall–Kier alpha value is -0.890. The Bertz CT molecular complexity index is 293. The van der Waals surface area contributed by atoms with Gasteiger partial charge in [0.05, 0.1) is 6.10 Å². The normalized spacial score (nSPS) is 14.9. The van der Waals surface area contributed by atoms with Crippen molar-refractivity contribution >= 4 is 0 Å². The second-order valence-corrected chi connectivity index (χ2v) is 4.87. The molecule has 0 aromatic carbocycles. The lowest BCUT2D eigenvalue weighted by Crippen LogP contribution is -2.26. The van der Waals surface area contributed by atoms with Crippen molar-refractivity contribution in [3.8, 4) is 0 Å². The number of rotatable bonds is 7. The van der Waals surface area contributed by atoms with Gasteiger partial charge in [0.25, 0.3) is 0 Å². The highest BCUT2D eigenvalue weighted by Crippen LogP contribution is 2.28. The lowest BCUT2D eigenvalue weighted by Gasteiger charge is -2.27. The van der Waals surface area contributed by atoms with Crippen molar-refractivity contribution in [2.75, 3.05) is 0 Å². The molecule has 0 bridgehead atoms. The first kappa shape index (κ1) is 14.2. The van der Waals surface area contributed by atoms with Gasteiger partial charge in [-0.1, -0.05) is 39.7 Å². The van der Waals surface area contributed by atoms with Gasteiger partial charge in [0, 0.05) is 17.8 Å². The van der Waals surface area contributed by atoms with Crippen LogP contribution in [0.3, 0.4) is 0 Å². The highest BCUT2D eigenvalue weighted by Gasteiger charge is 2.25. The third kappa shape index (κ3) is 4.12. The van der Waals surface area contributed by atoms with Gasteiger partial charge in [0.15, 0.2) is 0 Å². The molecule has 1 aromatic rings. The van der Waals surface area contributed by atoms with Gasteiger partial charge in [-0.3, -0.25) is 4.98 Å². The van der Waals surface area contributed by atoms with E-state index in [0.29, 0.717) is 5.92 Å². The molecule has 2 unspecified atom stereocenters. The average Bonchev–Trinajstić information content (AvgIpc) is 2.38. The SMILES string of the molecule is CCCC(CCC)C(O)C(C)c1ccccn1. The zero-order valence-electron chi connectivity index (χ0n) is 11.3. The minimum Gasteiger partial charge on any atom is -0.392 e. The summed E-state index contributed by atoms with van der Waals surface area (Å²) in [4.78, 5) is 4.34. The van der Waals surface area contributed by atoms with Crippen LogP contribution < -0.4 is 0 Å². The molecule has 1 aromatic heterocycles. The van der Waals surface area contributed by atoms with E-state index < -0.39 is 0 Å². The molecule has 1 heterocycles. The maximum atomic E-state index is 10.5. The molecule has 0 saturated heterocycles. The molecular formula is C15H25NO. The molecule has 2 heteroatoms. The van der Waals surface area contributed by atoms with Gasteiger partial charge < -0.3 is 5.11 Å². The molecule has 1 rings (SSSR count). The zero-order chi connectivity index (χ0) is 12.7. The number of pyridine rings is 1. The number of nitrogens with zero attached hydrogens (tertiary/aromatic N) is 1. The zero-order valence-corrected chi connectivity index (χ0v) is 11.3. The van der Waals surface area contributed by atoms with E-state index >= 15 is 0 Å². The molecule has 2 atom stereocenters. The quantitative estimate of drug-likeness (QED) is 0.780. The topological polar surface area (TPSA) is 33.1 Å². The Morgan fingerprint density at radius 1 is 1.18 bits per heavy atom. The minimum absolute atomic E-state index is 0.124. The first-order valence-corrected chi connectivity index (χ1v) is 6.79. The minimum atomic E-state index is -0.273. The van der Waals surface area contributed by atoms with E-state index in [4.69, 9.17) is 0 Å². The van der Waals surface area contributed by atoms with Crippen LogP contribution in [0.15, 0.2) is 24.4 Å². The Balaban J connectivity index is 2.69. The molecule has 0 fully saturated rings. The Kier molecular flexibility index (Phi) is 6.20. The van der Waals surface area contributed by atoms with Crippen LogP contribution in [0.4, 0.5) is 0 Å². The second-order valence-electron chi connectivity index (χ2n) is 4.87. The van der Waals surface area contributed by atoms with Crippen molar-refractivity contribution in [1.82, 2.24) is 4.98 Å². The first-order chi connectivity index (χ1) is 8.20. The molecule has 0 aliphatic carbocycles. The van der Waals surface area contributed by atoms with Gasteiger partial charge in [-0.05, 0) is 30.9 Å². The lowest BCUT2D eigenvalue weighted by molar-refractivity contribution is 0.0740. The van der Waals surface area contributed by atoms with Crippen molar-refractivity contribution in [2.24, 2.45) is 5.92 Å². The van der Waals surface area contributed by atoms with E-state index in [-0.39, 0.29) is 12.0 Å². The molecule has 17 heavy (non-hydrogen) atoms. The summed E-state index contributed by atoms with van der Waals surface area (Å²) in [5.74, 6) is 0.529. The maximum absolute atomic E-state index is 10.5. The Labute approximate surface area is 105 Å². The van der Waals surface area contributed by atoms with Gasteiger partial charge in [0.1, 0.15) is 0 Å². The third-order valence-corrected chi connectivity index (χ3v) is 3.47. The summed E-state index contributed by atoms with van der Waals surface area (Å²) in [5, 5.41) is 10.5. The summed E-state index contributed by atoms with van der Waals surface area (Å²) in [6.07, 6.45) is 6.00. The number of hydrogen-bond donors (Lipinski definition) is 1. The summed E-state index contributed by atoms with van der Waals surface area (Å²) < 4.78 is 0. The summed E-state index contributed by atoms with van der Waals surface area (Å²) in [6.45, 7) is 6.44. The molecule has 0 radical (unpaired) electrons. The summed E-state index contributed by atoms with van der Waals surface area (Å²) in [5.41, 5.74) is 0.997. The van der Waals surface area contributed by atoms with E-state index in [9.17, 15) is 5.11 Å². The molecule has 0 aliphatic heterocycles. The summed E-state index contributed by atoms with van der Waals surface area (Å²) in [7, 11) is 0. The monoisotopic (exact) mass is 235 g/mol. The number of aliphatic hydroxyl groups excluding tert-OH is 1. The van der Waals surface area contributed by atoms with Gasteiger partial charge in [-0.2, -0.15) is 0 Å². The van der Waals surface area contributed by atoms with E-state index in [1.165, 1.54) is 0 Å². The largest absolute Gasteiger partial charge is 0.392 e. The van der Waals surface area contributed by atoms with Crippen LogP contribution in [0, 0.1) is 5.92 Å². The van der Waals surface area contributed by atoms with Crippen LogP contribution in [-0.4, -0.2) is 16.2 Å². The van der Waals surface area contributed by atoms with E-state index in [1.807, 2.05) is 18.2 Å². The van der Waals surface area contributed by atoms with Crippen molar-refractivity contribution in [3.63, 3.8) is 0 Å². The highest BCUT2D eigenvalue weighted by atomic mass is 16.3. The Morgan fingerprint density at radius 2 is 1.82 bits per heavy atom. The van der Waals surface area contributed by atoms with Crippen LogP contribution in [0.1, 0.15) is 58.1 Å². The third-order valence-electron chi connectivity index (χ3n) is 3.47. The van der Waals surface area contributed by atoms with Gasteiger partial charge >= 0.3 is 0 Å². The highest BCUT2D eigenvalue weighted by molar-refractivity contribution is 5.10. The molecule has 1 N–H and O–H groups in total. The van der Waals surface area contributed by atoms with Crippen molar-refractivity contribution in [2.45, 2.75) is 58.5 Å².